The Labute approximate surface area is 124 Å². The van der Waals surface area contributed by atoms with Gasteiger partial charge < -0.3 is 10.2 Å². The third-order valence-corrected chi connectivity index (χ3v) is 3.72. The van der Waals surface area contributed by atoms with Crippen LogP contribution in [0.3, 0.4) is 0 Å². The van der Waals surface area contributed by atoms with E-state index in [0.717, 1.165) is 33.5 Å². The Morgan fingerprint density at radius 1 is 1.10 bits per heavy atom. The summed E-state index contributed by atoms with van der Waals surface area (Å²) in [7, 11) is 0. The Balaban J connectivity index is 2.26. The lowest BCUT2D eigenvalue weighted by molar-refractivity contribution is 0.580. The first kappa shape index (κ1) is 13.7. The summed E-state index contributed by atoms with van der Waals surface area (Å²) < 4.78 is 6.01. The summed E-state index contributed by atoms with van der Waals surface area (Å²) in [4.78, 5) is 4.58. The molecule has 3 heteroatoms. The van der Waals surface area contributed by atoms with Crippen LogP contribution in [0.15, 0.2) is 40.8 Å². The van der Waals surface area contributed by atoms with Crippen LogP contribution in [0.2, 0.25) is 0 Å². The normalized spacial score (nSPS) is 12.0. The molecule has 0 spiro atoms. The van der Waals surface area contributed by atoms with Gasteiger partial charge in [-0.3, -0.25) is 0 Å². The van der Waals surface area contributed by atoms with Gasteiger partial charge in [-0.15, -0.1) is 0 Å². The third-order valence-electron chi connectivity index (χ3n) is 3.72. The van der Waals surface area contributed by atoms with Crippen molar-refractivity contribution in [2.75, 3.05) is 5.73 Å². The Morgan fingerprint density at radius 2 is 1.76 bits per heavy atom. The molecule has 0 atom stereocenters. The van der Waals surface area contributed by atoms with E-state index in [2.05, 4.69) is 32.7 Å². The molecule has 2 aromatic carbocycles. The van der Waals surface area contributed by atoms with Crippen LogP contribution in [0.5, 0.6) is 0 Å². The minimum absolute atomic E-state index is 0.0257. The molecule has 3 nitrogen and oxygen atoms in total. The Kier molecular flexibility index (Phi) is 3.01. The monoisotopic (exact) mass is 280 g/mol. The second-order valence-corrected chi connectivity index (χ2v) is 6.45. The first-order chi connectivity index (χ1) is 9.88. The standard InChI is InChI=1S/C18H20N2O/c1-11-15(18(2,3)4)13(19)10-14-16(11)21-17(20-14)12-8-6-5-7-9-12/h5-10H,19H2,1-4H3. The molecular formula is C18H20N2O. The van der Waals surface area contributed by atoms with Crippen molar-refractivity contribution in [1.29, 1.82) is 0 Å². The lowest BCUT2D eigenvalue weighted by Crippen LogP contribution is -2.16. The van der Waals surface area contributed by atoms with Crippen LogP contribution in [-0.2, 0) is 5.41 Å². The maximum absolute atomic E-state index is 6.24. The summed E-state index contributed by atoms with van der Waals surface area (Å²) in [6.07, 6.45) is 0. The summed E-state index contributed by atoms with van der Waals surface area (Å²) in [5.41, 5.74) is 11.8. The van der Waals surface area contributed by atoms with Crippen molar-refractivity contribution >= 4 is 16.8 Å². The van der Waals surface area contributed by atoms with Crippen molar-refractivity contribution in [2.24, 2.45) is 0 Å². The number of nitrogens with two attached hydrogens (primary N) is 1. The fourth-order valence-corrected chi connectivity index (χ4v) is 2.95. The smallest absolute Gasteiger partial charge is 0.227 e. The average Bonchev–Trinajstić information content (AvgIpc) is 2.82. The lowest BCUT2D eigenvalue weighted by atomic mass is 9.82. The molecule has 108 valence electrons. The molecular weight excluding hydrogens is 260 g/mol. The Morgan fingerprint density at radius 3 is 2.38 bits per heavy atom. The molecule has 21 heavy (non-hydrogen) atoms. The van der Waals surface area contributed by atoms with Gasteiger partial charge in [0.25, 0.3) is 0 Å². The number of hydrogen-bond acceptors (Lipinski definition) is 3. The van der Waals surface area contributed by atoms with E-state index in [-0.39, 0.29) is 5.41 Å². The molecule has 0 aliphatic carbocycles. The van der Waals surface area contributed by atoms with Gasteiger partial charge in [-0.1, -0.05) is 39.0 Å². The highest BCUT2D eigenvalue weighted by Crippen LogP contribution is 2.37. The summed E-state index contributed by atoms with van der Waals surface area (Å²) in [6.45, 7) is 8.53. The van der Waals surface area contributed by atoms with Crippen molar-refractivity contribution < 1.29 is 4.42 Å². The van der Waals surface area contributed by atoms with Crippen molar-refractivity contribution in [2.45, 2.75) is 33.1 Å². The first-order valence-corrected chi connectivity index (χ1v) is 7.13. The van der Waals surface area contributed by atoms with Crippen LogP contribution in [0.4, 0.5) is 5.69 Å². The zero-order chi connectivity index (χ0) is 15.2. The zero-order valence-corrected chi connectivity index (χ0v) is 12.9. The Bertz CT molecular complexity index is 795. The van der Waals surface area contributed by atoms with Crippen LogP contribution in [0.25, 0.3) is 22.6 Å². The van der Waals surface area contributed by atoms with Gasteiger partial charge >= 0.3 is 0 Å². The molecule has 0 fully saturated rings. The van der Waals surface area contributed by atoms with E-state index in [0.29, 0.717) is 5.89 Å². The topological polar surface area (TPSA) is 52.0 Å². The van der Waals surface area contributed by atoms with Crippen molar-refractivity contribution in [3.63, 3.8) is 0 Å². The maximum Gasteiger partial charge on any atom is 0.227 e. The van der Waals surface area contributed by atoms with Crippen LogP contribution in [-0.4, -0.2) is 4.98 Å². The average molecular weight is 280 g/mol. The molecule has 0 radical (unpaired) electrons. The molecule has 0 unspecified atom stereocenters. The molecule has 3 rings (SSSR count). The number of hydrogen-bond donors (Lipinski definition) is 1. The van der Waals surface area contributed by atoms with Crippen LogP contribution in [0.1, 0.15) is 31.9 Å². The van der Waals surface area contributed by atoms with Gasteiger partial charge in [-0.25, -0.2) is 4.98 Å². The second-order valence-electron chi connectivity index (χ2n) is 6.45. The number of oxazole rings is 1. The fourth-order valence-electron chi connectivity index (χ4n) is 2.95. The van der Waals surface area contributed by atoms with Gasteiger partial charge in [0.15, 0.2) is 5.58 Å². The van der Waals surface area contributed by atoms with Crippen LogP contribution in [0, 0.1) is 6.92 Å². The van der Waals surface area contributed by atoms with Gasteiger partial charge in [0.05, 0.1) is 0 Å². The first-order valence-electron chi connectivity index (χ1n) is 7.13. The molecule has 2 N–H and O–H groups in total. The van der Waals surface area contributed by atoms with Gasteiger partial charge in [0.1, 0.15) is 5.52 Å². The number of fused-ring (bicyclic) bond motifs is 1. The van der Waals surface area contributed by atoms with Gasteiger partial charge in [0, 0.05) is 11.3 Å². The van der Waals surface area contributed by atoms with E-state index in [1.54, 1.807) is 0 Å². The zero-order valence-electron chi connectivity index (χ0n) is 12.9. The summed E-state index contributed by atoms with van der Waals surface area (Å²) >= 11 is 0. The third kappa shape index (κ3) is 2.29. The summed E-state index contributed by atoms with van der Waals surface area (Å²) in [5, 5.41) is 0. The number of aromatic nitrogens is 1. The van der Waals surface area contributed by atoms with E-state index in [1.165, 1.54) is 0 Å². The van der Waals surface area contributed by atoms with Gasteiger partial charge in [0.2, 0.25) is 5.89 Å². The highest BCUT2D eigenvalue weighted by atomic mass is 16.3. The predicted octanol–water partition coefficient (Wildman–Crippen LogP) is 4.68. The van der Waals surface area contributed by atoms with Crippen molar-refractivity contribution in [3.05, 3.63) is 47.5 Å². The molecule has 0 amide bonds. The molecule has 0 saturated carbocycles. The van der Waals surface area contributed by atoms with E-state index in [9.17, 15) is 0 Å². The molecule has 0 aliphatic heterocycles. The molecule has 3 aromatic rings. The predicted molar refractivity (Wildman–Crippen MR) is 87.3 cm³/mol. The Hall–Kier alpha value is -2.29. The van der Waals surface area contributed by atoms with E-state index < -0.39 is 0 Å². The fraction of sp³-hybridized carbons (Fsp3) is 0.278. The molecule has 1 heterocycles. The molecule has 0 aliphatic rings. The minimum atomic E-state index is -0.0257. The minimum Gasteiger partial charge on any atom is -0.436 e. The van der Waals surface area contributed by atoms with Crippen LogP contribution >= 0.6 is 0 Å². The SMILES string of the molecule is Cc1c(C(C)(C)C)c(N)cc2nc(-c3ccccc3)oc12. The maximum atomic E-state index is 6.24. The molecule has 0 bridgehead atoms. The van der Waals surface area contributed by atoms with Crippen LogP contribution < -0.4 is 5.73 Å². The number of rotatable bonds is 1. The lowest BCUT2D eigenvalue weighted by Gasteiger charge is -2.23. The van der Waals surface area contributed by atoms with Gasteiger partial charge in [-0.05, 0) is 41.7 Å². The van der Waals surface area contributed by atoms with E-state index in [1.807, 2.05) is 36.4 Å². The largest absolute Gasteiger partial charge is 0.436 e. The van der Waals surface area contributed by atoms with E-state index >= 15 is 0 Å². The molecule has 1 aromatic heterocycles. The van der Waals surface area contributed by atoms with E-state index in [4.69, 9.17) is 10.2 Å². The summed E-state index contributed by atoms with van der Waals surface area (Å²) in [6, 6.07) is 11.8. The number of aryl methyl sites for hydroxylation is 1. The quantitative estimate of drug-likeness (QED) is 0.658. The second kappa shape index (κ2) is 4.62. The van der Waals surface area contributed by atoms with Crippen molar-refractivity contribution in [1.82, 2.24) is 4.98 Å². The summed E-state index contributed by atoms with van der Waals surface area (Å²) in [5.74, 6) is 0.638. The number of benzene rings is 2. The number of anilines is 1. The molecule has 0 saturated heterocycles. The number of nitrogen functional groups attached to an aromatic ring is 1. The van der Waals surface area contributed by atoms with Gasteiger partial charge in [-0.2, -0.15) is 0 Å². The number of nitrogens with zero attached hydrogens (tertiary/aromatic N) is 1. The highest BCUT2D eigenvalue weighted by molar-refractivity contribution is 5.85. The van der Waals surface area contributed by atoms with Crippen molar-refractivity contribution in [3.8, 4) is 11.5 Å². The highest BCUT2D eigenvalue weighted by Gasteiger charge is 2.23.